The van der Waals surface area contributed by atoms with Gasteiger partial charge < -0.3 is 0 Å². The van der Waals surface area contributed by atoms with E-state index >= 15 is 0 Å². The van der Waals surface area contributed by atoms with Gasteiger partial charge in [0.1, 0.15) is 6.61 Å². The summed E-state index contributed by atoms with van der Waals surface area (Å²) in [7, 11) is 1.26. The molecule has 35 heavy (non-hydrogen) atoms. The summed E-state index contributed by atoms with van der Waals surface area (Å²) in [4.78, 5) is 36.3. The number of carbonyl (C=O) groups excluding carboxylic acids is 3. The van der Waals surface area contributed by atoms with Crippen molar-refractivity contribution in [2.75, 3.05) is 20.3 Å². The number of aliphatic hydroxyl groups is 1. The summed E-state index contributed by atoms with van der Waals surface area (Å²) in [5.41, 5.74) is 4.66. The van der Waals surface area contributed by atoms with Gasteiger partial charge in [0.15, 0.2) is 0 Å². The average molecular weight is 548 g/mol. The minimum atomic E-state index is -1.12. The Morgan fingerprint density at radius 1 is 1.03 bits per heavy atom. The molecular formula is C26H32N2O6Se. The fourth-order valence-electron chi connectivity index (χ4n) is 4.21. The fourth-order valence-corrected chi connectivity index (χ4v) is 5.19. The first-order valence-corrected chi connectivity index (χ1v) is 14.5. The number of ether oxygens (including phenoxy) is 2. The Kier molecular flexibility index (Phi) is 10.1. The van der Waals surface area contributed by atoms with Crippen LogP contribution >= 0.6 is 0 Å². The summed E-state index contributed by atoms with van der Waals surface area (Å²) in [6.45, 7) is 0.622. The van der Waals surface area contributed by atoms with E-state index in [4.69, 9.17) is 9.47 Å². The van der Waals surface area contributed by atoms with Gasteiger partial charge >= 0.3 is 129 Å². The maximum atomic E-state index is 12.3. The summed E-state index contributed by atoms with van der Waals surface area (Å²) in [5, 5.41) is 15.5. The van der Waals surface area contributed by atoms with Crippen LogP contribution in [-0.2, 0) is 19.1 Å². The number of alkyl carbamates (subject to hydrolysis) is 1. The van der Waals surface area contributed by atoms with Gasteiger partial charge in [-0.2, -0.15) is 0 Å². The number of nitrogens with one attached hydrogen (secondary N) is 2. The van der Waals surface area contributed by atoms with Gasteiger partial charge in [0, 0.05) is 5.92 Å². The summed E-state index contributed by atoms with van der Waals surface area (Å²) in [5.74, 6) is 0.796. The fraction of sp³-hybridized carbons (Fsp3) is 0.423. The summed E-state index contributed by atoms with van der Waals surface area (Å²) >= 11 is 0.141. The van der Waals surface area contributed by atoms with Gasteiger partial charge in [-0.05, 0) is 22.3 Å². The summed E-state index contributed by atoms with van der Waals surface area (Å²) in [6, 6.07) is 15.5. The van der Waals surface area contributed by atoms with Crippen LogP contribution in [0.25, 0.3) is 11.1 Å². The molecule has 0 saturated heterocycles. The molecule has 1 aliphatic rings. The third-order valence-electron chi connectivity index (χ3n) is 5.96. The van der Waals surface area contributed by atoms with Crippen molar-refractivity contribution in [3.05, 3.63) is 59.7 Å². The predicted octanol–water partition coefficient (Wildman–Crippen LogP) is 2.88. The molecule has 8 nitrogen and oxygen atoms in total. The van der Waals surface area contributed by atoms with Crippen molar-refractivity contribution in [1.82, 2.24) is 10.6 Å². The zero-order valence-corrected chi connectivity index (χ0v) is 21.7. The van der Waals surface area contributed by atoms with E-state index in [1.54, 1.807) is 0 Å². The molecule has 3 rings (SSSR count). The number of methoxy groups -OCH3 is 1. The number of fused-ring (bicyclic) bond motifs is 3. The van der Waals surface area contributed by atoms with E-state index in [-0.39, 0.29) is 27.5 Å². The van der Waals surface area contributed by atoms with E-state index < -0.39 is 30.1 Å². The topological polar surface area (TPSA) is 114 Å². The molecule has 3 N–H and O–H groups in total. The molecule has 0 heterocycles. The molecular weight excluding hydrogens is 515 g/mol. The van der Waals surface area contributed by atoms with E-state index in [1.165, 1.54) is 18.2 Å². The number of aliphatic hydroxyl groups excluding tert-OH is 1. The number of hydrogen-bond donors (Lipinski definition) is 3. The Bertz CT molecular complexity index is 985. The average Bonchev–Trinajstić information content (AvgIpc) is 3.19. The molecule has 9 heteroatoms. The van der Waals surface area contributed by atoms with Crippen molar-refractivity contribution in [2.45, 2.75) is 48.5 Å². The van der Waals surface area contributed by atoms with E-state index in [2.05, 4.69) is 34.9 Å². The van der Waals surface area contributed by atoms with Gasteiger partial charge in [-0.25, -0.2) is 0 Å². The molecule has 0 aliphatic heterocycles. The molecule has 1 aliphatic carbocycles. The molecule has 0 saturated carbocycles. The quantitative estimate of drug-likeness (QED) is 0.214. The first-order chi connectivity index (χ1) is 17.0. The molecule has 0 radical (unpaired) electrons. The van der Waals surface area contributed by atoms with Gasteiger partial charge in [-0.1, -0.05) is 48.5 Å². The van der Waals surface area contributed by atoms with Crippen LogP contribution in [0, 0.1) is 0 Å². The van der Waals surface area contributed by atoms with Crippen LogP contribution in [0.15, 0.2) is 48.5 Å². The number of amides is 2. The van der Waals surface area contributed by atoms with Gasteiger partial charge in [-0.3, -0.25) is 0 Å². The van der Waals surface area contributed by atoms with Crippen LogP contribution in [0.4, 0.5) is 4.79 Å². The Hall–Kier alpha value is -2.87. The third kappa shape index (κ3) is 7.07. The molecule has 2 aromatic rings. The number of unbranched alkanes of at least 4 members (excludes halogenated alkanes) is 1. The van der Waals surface area contributed by atoms with E-state index in [0.717, 1.165) is 11.1 Å². The van der Waals surface area contributed by atoms with Crippen molar-refractivity contribution in [1.29, 1.82) is 0 Å². The Morgan fingerprint density at radius 2 is 1.66 bits per heavy atom. The monoisotopic (exact) mass is 548 g/mol. The minimum absolute atomic E-state index is 0.00170. The van der Waals surface area contributed by atoms with Crippen molar-refractivity contribution in [3.63, 3.8) is 0 Å². The zero-order chi connectivity index (χ0) is 25.2. The number of benzene rings is 2. The normalized spacial score (nSPS) is 13.8. The number of hydrogen-bond acceptors (Lipinski definition) is 6. The molecule has 0 fully saturated rings. The first-order valence-electron chi connectivity index (χ1n) is 11.6. The van der Waals surface area contributed by atoms with E-state index in [9.17, 15) is 19.5 Å². The molecule has 0 bridgehead atoms. The van der Waals surface area contributed by atoms with Crippen LogP contribution in [0.2, 0.25) is 11.1 Å². The van der Waals surface area contributed by atoms with Gasteiger partial charge in [-0.15, -0.1) is 0 Å². The standard InChI is InChI=1S/C26H32N2O6Se/c1-33-25(31)22(28-24(30)23(29)16-35-2)13-7-8-14-27-26(32)34-15-21-19-11-5-3-9-17(19)18-10-4-6-12-20(18)21/h3-6,9-12,21-23,29H,7-8,13-16H2,1-2H3,(H,27,32)(H,28,30)/t22-,23?/m0/s1. The van der Waals surface area contributed by atoms with Crippen molar-refractivity contribution in [3.8, 4) is 11.1 Å². The summed E-state index contributed by atoms with van der Waals surface area (Å²) in [6.07, 6.45) is -0.114. The summed E-state index contributed by atoms with van der Waals surface area (Å²) < 4.78 is 10.3. The molecule has 188 valence electrons. The number of carbonyl (C=O) groups is 3. The predicted molar refractivity (Wildman–Crippen MR) is 133 cm³/mol. The van der Waals surface area contributed by atoms with Crippen LogP contribution in [0.3, 0.4) is 0 Å². The second-order valence-corrected chi connectivity index (χ2v) is 10.2. The Balaban J connectivity index is 1.41. The third-order valence-corrected chi connectivity index (χ3v) is 7.32. The van der Waals surface area contributed by atoms with Crippen LogP contribution in [0.1, 0.15) is 36.3 Å². The van der Waals surface area contributed by atoms with Gasteiger partial charge in [0.25, 0.3) is 0 Å². The second kappa shape index (κ2) is 13.3. The van der Waals surface area contributed by atoms with Crippen molar-refractivity contribution < 1.29 is 29.0 Å². The molecule has 0 aromatic heterocycles. The van der Waals surface area contributed by atoms with Crippen molar-refractivity contribution in [2.24, 2.45) is 0 Å². The zero-order valence-electron chi connectivity index (χ0n) is 20.0. The molecule has 0 spiro atoms. The maximum absolute atomic E-state index is 12.3. The number of esters is 1. The second-order valence-electron chi connectivity index (χ2n) is 8.30. The first kappa shape index (κ1) is 26.7. The van der Waals surface area contributed by atoms with Gasteiger partial charge in [0.2, 0.25) is 0 Å². The molecule has 2 atom stereocenters. The van der Waals surface area contributed by atoms with Crippen LogP contribution in [0.5, 0.6) is 0 Å². The molecule has 2 aromatic carbocycles. The molecule has 1 unspecified atom stereocenters. The Morgan fingerprint density at radius 3 is 2.26 bits per heavy atom. The SMILES string of the molecule is COC(=O)[C@H](CCCCNC(=O)OCC1c2ccccc2-c2ccccc21)NC(=O)C(O)C[Se]C. The van der Waals surface area contributed by atoms with Gasteiger partial charge in [0.05, 0.1) is 0 Å². The van der Waals surface area contributed by atoms with Crippen LogP contribution in [-0.4, -0.2) is 70.4 Å². The van der Waals surface area contributed by atoms with E-state index in [1.807, 2.05) is 30.1 Å². The van der Waals surface area contributed by atoms with Crippen LogP contribution < -0.4 is 10.6 Å². The molecule has 2 amide bonds. The Labute approximate surface area is 211 Å². The van der Waals surface area contributed by atoms with Crippen molar-refractivity contribution >= 4 is 32.9 Å². The van der Waals surface area contributed by atoms with E-state index in [0.29, 0.717) is 31.1 Å². The number of rotatable bonds is 12.